The van der Waals surface area contributed by atoms with Crippen molar-refractivity contribution in [2.75, 3.05) is 32.7 Å². The van der Waals surface area contributed by atoms with E-state index in [1.165, 1.54) is 27.1 Å². The molecule has 0 saturated carbocycles. The quantitative estimate of drug-likeness (QED) is 0.0718. The number of amides is 7. The zero-order valence-electron chi connectivity index (χ0n) is 33.2. The van der Waals surface area contributed by atoms with Crippen LogP contribution in [0.2, 0.25) is 0 Å². The standard InChI is InChI=1S/C38H60N10O7/c1-8-25(4)35(47-37(54)33(45-28(7)51)18-31-21-39-23-44-31)38(55)46-32(17-24(2)3)36(53)43-20-30-11-9-29(10-12-30)19-42-34(52)22-48(15-13-40-26(5)49)16-14-41-27(6)50/h9-12,21,23-25,32-33,35H,8,13-20,22H2,1-7H3,(H,39,44)(H,40,49)(H,41,50)(H,42,52)(H,43,53)(H,45,51)(H,46,55)(H,47,54)/t25?,32-,33-,35-/m0/s1. The summed E-state index contributed by atoms with van der Waals surface area (Å²) in [6.45, 7) is 14.0. The molecule has 0 radical (unpaired) electrons. The van der Waals surface area contributed by atoms with Crippen molar-refractivity contribution < 1.29 is 33.6 Å². The van der Waals surface area contributed by atoms with E-state index in [0.29, 0.717) is 44.7 Å². The van der Waals surface area contributed by atoms with E-state index < -0.39 is 35.8 Å². The Balaban J connectivity index is 1.99. The number of nitrogens with zero attached hydrogens (tertiary/aromatic N) is 2. The molecule has 0 aliphatic rings. The highest BCUT2D eigenvalue weighted by molar-refractivity contribution is 5.94. The van der Waals surface area contributed by atoms with E-state index in [1.54, 1.807) is 6.20 Å². The number of carbonyl (C=O) groups excluding carboxylic acids is 7. The smallest absolute Gasteiger partial charge is 0.243 e. The van der Waals surface area contributed by atoms with E-state index >= 15 is 0 Å². The van der Waals surface area contributed by atoms with Gasteiger partial charge in [-0.05, 0) is 29.4 Å². The minimum absolute atomic E-state index is 0.0715. The van der Waals surface area contributed by atoms with E-state index in [1.807, 2.05) is 56.9 Å². The molecule has 0 aliphatic heterocycles. The molecule has 2 aromatic rings. The Kier molecular flexibility index (Phi) is 20.1. The van der Waals surface area contributed by atoms with Crippen molar-refractivity contribution in [1.29, 1.82) is 0 Å². The SMILES string of the molecule is CCC(C)[C@H](NC(=O)[C@H](Cc1cnc[nH]1)NC(C)=O)C(=O)N[C@@H](CC(C)C)C(=O)NCc1ccc(CNC(=O)CN(CCNC(C)=O)CCNC(C)=O)cc1. The van der Waals surface area contributed by atoms with Crippen LogP contribution in [0.1, 0.15) is 78.1 Å². The molecule has 1 aromatic heterocycles. The maximum Gasteiger partial charge on any atom is 0.243 e. The number of aromatic amines is 1. The summed E-state index contributed by atoms with van der Waals surface area (Å²) in [5, 5.41) is 19.5. The van der Waals surface area contributed by atoms with Gasteiger partial charge in [-0.2, -0.15) is 0 Å². The second-order valence-electron chi connectivity index (χ2n) is 14.1. The van der Waals surface area contributed by atoms with Crippen molar-refractivity contribution in [2.45, 2.75) is 98.9 Å². The Morgan fingerprint density at radius 2 is 1.29 bits per heavy atom. The Morgan fingerprint density at radius 1 is 0.709 bits per heavy atom. The lowest BCUT2D eigenvalue weighted by molar-refractivity contribution is -0.134. The number of imidazole rings is 1. The van der Waals surface area contributed by atoms with Crippen LogP contribution in [-0.2, 0) is 53.1 Å². The predicted molar refractivity (Wildman–Crippen MR) is 207 cm³/mol. The lowest BCUT2D eigenvalue weighted by atomic mass is 9.96. The Labute approximate surface area is 323 Å². The molecule has 8 N–H and O–H groups in total. The summed E-state index contributed by atoms with van der Waals surface area (Å²) in [7, 11) is 0. The van der Waals surface area contributed by atoms with E-state index in [9.17, 15) is 33.6 Å². The summed E-state index contributed by atoms with van der Waals surface area (Å²) >= 11 is 0. The number of nitrogens with one attached hydrogen (secondary N) is 8. The minimum Gasteiger partial charge on any atom is -0.355 e. The van der Waals surface area contributed by atoms with E-state index in [-0.39, 0.29) is 61.5 Å². The van der Waals surface area contributed by atoms with Crippen molar-refractivity contribution in [3.05, 3.63) is 53.6 Å². The van der Waals surface area contributed by atoms with Crippen LogP contribution in [0.4, 0.5) is 0 Å². The molecule has 0 bridgehead atoms. The van der Waals surface area contributed by atoms with Gasteiger partial charge in [0, 0.05) is 78.4 Å². The Morgan fingerprint density at radius 3 is 1.78 bits per heavy atom. The van der Waals surface area contributed by atoms with Gasteiger partial charge in [0.05, 0.1) is 12.9 Å². The highest BCUT2D eigenvalue weighted by atomic mass is 16.2. The fourth-order valence-corrected chi connectivity index (χ4v) is 5.59. The summed E-state index contributed by atoms with van der Waals surface area (Å²) in [5.41, 5.74) is 2.30. The van der Waals surface area contributed by atoms with Gasteiger partial charge in [0.15, 0.2) is 0 Å². The number of H-pyrrole nitrogens is 1. The van der Waals surface area contributed by atoms with Crippen LogP contribution in [0.25, 0.3) is 0 Å². The first kappa shape index (κ1) is 45.8. The van der Waals surface area contributed by atoms with Gasteiger partial charge in [-0.1, -0.05) is 58.4 Å². The normalized spacial score (nSPS) is 13.2. The van der Waals surface area contributed by atoms with Crippen LogP contribution >= 0.6 is 0 Å². The van der Waals surface area contributed by atoms with Crippen molar-refractivity contribution in [1.82, 2.24) is 52.1 Å². The van der Waals surface area contributed by atoms with Gasteiger partial charge in [0.25, 0.3) is 0 Å². The molecule has 0 saturated heterocycles. The first-order valence-corrected chi connectivity index (χ1v) is 18.8. The van der Waals surface area contributed by atoms with E-state index in [2.05, 4.69) is 47.2 Å². The topological polar surface area (TPSA) is 236 Å². The van der Waals surface area contributed by atoms with Gasteiger partial charge >= 0.3 is 0 Å². The van der Waals surface area contributed by atoms with Gasteiger partial charge < -0.3 is 42.2 Å². The first-order chi connectivity index (χ1) is 26.1. The van der Waals surface area contributed by atoms with Gasteiger partial charge in [-0.15, -0.1) is 0 Å². The molecule has 17 heteroatoms. The second kappa shape index (κ2) is 24.2. The third-order valence-electron chi connectivity index (χ3n) is 8.76. The molecule has 0 spiro atoms. The van der Waals surface area contributed by atoms with Crippen molar-refractivity contribution in [3.63, 3.8) is 0 Å². The summed E-state index contributed by atoms with van der Waals surface area (Å²) in [6.07, 6.45) is 4.12. The predicted octanol–water partition coefficient (Wildman–Crippen LogP) is 0.0255. The van der Waals surface area contributed by atoms with Crippen molar-refractivity contribution >= 4 is 41.4 Å². The molecular weight excluding hydrogens is 708 g/mol. The molecule has 0 fully saturated rings. The lowest BCUT2D eigenvalue weighted by Gasteiger charge is -2.28. The third kappa shape index (κ3) is 18.5. The second-order valence-corrected chi connectivity index (χ2v) is 14.1. The molecule has 1 unspecified atom stereocenters. The monoisotopic (exact) mass is 768 g/mol. The summed E-state index contributed by atoms with van der Waals surface area (Å²) in [5.74, 6) is -2.54. The summed E-state index contributed by atoms with van der Waals surface area (Å²) in [6, 6.07) is 4.61. The van der Waals surface area contributed by atoms with Gasteiger partial charge in [-0.3, -0.25) is 38.5 Å². The number of aromatic nitrogens is 2. The van der Waals surface area contributed by atoms with E-state index in [0.717, 1.165) is 11.1 Å². The molecule has 1 aromatic carbocycles. The number of rotatable bonds is 24. The lowest BCUT2D eigenvalue weighted by Crippen LogP contribution is -2.58. The molecule has 1 heterocycles. The average molecular weight is 769 g/mol. The molecule has 0 aliphatic carbocycles. The third-order valence-corrected chi connectivity index (χ3v) is 8.76. The Bertz CT molecular complexity index is 1530. The highest BCUT2D eigenvalue weighted by Gasteiger charge is 2.32. The minimum atomic E-state index is -0.957. The molecule has 2 rings (SSSR count). The van der Waals surface area contributed by atoms with Gasteiger partial charge in [0.2, 0.25) is 41.4 Å². The van der Waals surface area contributed by atoms with Crippen molar-refractivity contribution in [3.8, 4) is 0 Å². The summed E-state index contributed by atoms with van der Waals surface area (Å²) < 4.78 is 0. The number of hydrogen-bond donors (Lipinski definition) is 8. The van der Waals surface area contributed by atoms with Crippen LogP contribution < -0.4 is 37.2 Å². The Hall–Kier alpha value is -5.32. The maximum absolute atomic E-state index is 13.7. The fourth-order valence-electron chi connectivity index (χ4n) is 5.59. The highest BCUT2D eigenvalue weighted by Crippen LogP contribution is 2.12. The van der Waals surface area contributed by atoms with Crippen LogP contribution in [0.3, 0.4) is 0 Å². The molecule has 55 heavy (non-hydrogen) atoms. The zero-order valence-corrected chi connectivity index (χ0v) is 33.2. The fraction of sp³-hybridized carbons (Fsp3) is 0.579. The first-order valence-electron chi connectivity index (χ1n) is 18.8. The van der Waals surface area contributed by atoms with Crippen molar-refractivity contribution in [2.24, 2.45) is 11.8 Å². The summed E-state index contributed by atoms with van der Waals surface area (Å²) in [4.78, 5) is 96.3. The maximum atomic E-state index is 13.7. The van der Waals surface area contributed by atoms with Crippen LogP contribution in [-0.4, -0.2) is 107 Å². The average Bonchev–Trinajstić information content (AvgIpc) is 3.63. The zero-order chi connectivity index (χ0) is 40.9. The van der Waals surface area contributed by atoms with Crippen LogP contribution in [0.15, 0.2) is 36.8 Å². The number of carbonyl (C=O) groups is 7. The molecule has 4 atom stereocenters. The number of benzene rings is 1. The van der Waals surface area contributed by atoms with E-state index in [4.69, 9.17) is 0 Å². The van der Waals surface area contributed by atoms with Crippen LogP contribution in [0.5, 0.6) is 0 Å². The number of hydrogen-bond acceptors (Lipinski definition) is 9. The largest absolute Gasteiger partial charge is 0.355 e. The van der Waals surface area contributed by atoms with Crippen LogP contribution in [0, 0.1) is 11.8 Å². The van der Waals surface area contributed by atoms with Gasteiger partial charge in [-0.25, -0.2) is 4.98 Å². The van der Waals surface area contributed by atoms with Gasteiger partial charge in [0.1, 0.15) is 18.1 Å². The molecule has 17 nitrogen and oxygen atoms in total. The molecular formula is C38H60N10O7. The molecule has 7 amide bonds. The molecule has 304 valence electrons.